The number of aryl methyl sites for hydroxylation is 1. The molecule has 300 valence electrons. The molecule has 4 N–H and O–H groups in total. The van der Waals surface area contributed by atoms with Crippen molar-refractivity contribution < 1.29 is 49.8 Å². The molecule has 1 amide bonds. The number of alkyl halides is 4. The molecule has 3 aromatic heterocycles. The maximum Gasteiger partial charge on any atom is 0.293 e. The van der Waals surface area contributed by atoms with E-state index in [2.05, 4.69) is 37.1 Å². The number of anilines is 1. The van der Waals surface area contributed by atoms with Crippen LogP contribution < -0.4 is 10.0 Å². The lowest BCUT2D eigenvalue weighted by atomic mass is 9.93. The van der Waals surface area contributed by atoms with Crippen LogP contribution in [0.25, 0.3) is 22.0 Å². The summed E-state index contributed by atoms with van der Waals surface area (Å²) in [7, 11) is -2.34. The third kappa shape index (κ3) is 7.78. The third-order valence-corrected chi connectivity index (χ3v) is 10.6. The van der Waals surface area contributed by atoms with Gasteiger partial charge in [-0.25, -0.2) is 31.0 Å². The van der Waals surface area contributed by atoms with Crippen LogP contribution in [0.3, 0.4) is 0 Å². The molecule has 1 fully saturated rings. The van der Waals surface area contributed by atoms with Crippen LogP contribution in [-0.2, 0) is 40.8 Å². The fraction of sp³-hybridized carbons (Fsp3) is 0.351. The van der Waals surface area contributed by atoms with Crippen LogP contribution in [0.5, 0.6) is 0 Å². The van der Waals surface area contributed by atoms with Crippen LogP contribution in [0.15, 0.2) is 42.5 Å². The number of hydrogen-bond acceptors (Lipinski definition) is 8. The predicted octanol–water partition coefficient (Wildman–Crippen LogP) is 5.48. The molecule has 2 aliphatic rings. The van der Waals surface area contributed by atoms with Crippen molar-refractivity contribution in [2.75, 3.05) is 17.6 Å². The minimum atomic E-state index is -3.85. The summed E-state index contributed by atoms with van der Waals surface area (Å²) >= 11 is 6.56. The Morgan fingerprint density at radius 2 is 1.79 bits per heavy atom. The van der Waals surface area contributed by atoms with Crippen molar-refractivity contribution in [3.63, 3.8) is 0 Å². The number of aliphatic hydroxyl groups excluding tert-OH is 1. The van der Waals surface area contributed by atoms with Gasteiger partial charge in [-0.15, -0.1) is 0 Å². The van der Waals surface area contributed by atoms with Crippen LogP contribution in [0.4, 0.5) is 32.2 Å². The highest BCUT2D eigenvalue weighted by Crippen LogP contribution is 2.68. The highest BCUT2D eigenvalue weighted by atomic mass is 35.5. The van der Waals surface area contributed by atoms with Gasteiger partial charge in [0.1, 0.15) is 40.9 Å². The molecule has 0 saturated heterocycles. The van der Waals surface area contributed by atoms with Gasteiger partial charge >= 0.3 is 0 Å². The summed E-state index contributed by atoms with van der Waals surface area (Å²) < 4.78 is 117. The van der Waals surface area contributed by atoms with E-state index in [0.29, 0.717) is 16.3 Å². The number of rotatable bonds is 11. The fourth-order valence-corrected chi connectivity index (χ4v) is 7.99. The zero-order valence-corrected chi connectivity index (χ0v) is 31.7. The van der Waals surface area contributed by atoms with Gasteiger partial charge in [0, 0.05) is 35.7 Å². The summed E-state index contributed by atoms with van der Waals surface area (Å²) in [6.07, 6.45) is -2.65. The molecule has 5 aromatic rings. The van der Waals surface area contributed by atoms with Gasteiger partial charge in [0.25, 0.3) is 12.3 Å². The molecule has 12 nitrogen and oxygen atoms in total. The molecule has 1 saturated carbocycles. The number of amides is 1. The molecular weight excluding hydrogens is 804 g/mol. The largest absolute Gasteiger partial charge is 0.392 e. The standard InChI is InChI=1S/C37H32ClF6N7O5S/c1-36(54,16-52)9-8-20-4-5-21(22-6-7-25(38)29-32(22)50(2)48-35(29)49-57(3,55)56)30(45-20)26(12-17-10-18(39)13-19(40)11-17)46-27(53)15-51-33-28(31(47-51)34(41)42)23-14-24(23)37(33,43)44/h4-7,10-11,13,23-24,26,34,52,54H,12,14-16H2,1-3H3,(H,46,53)(H,48,49)/t23-,24+,26-,36+/m0/s1. The molecular formula is C37H32ClF6N7O5S. The maximum atomic E-state index is 15.4. The monoisotopic (exact) mass is 835 g/mol. The number of carbonyl (C=O) groups is 1. The van der Waals surface area contributed by atoms with Crippen LogP contribution in [0, 0.1) is 29.4 Å². The van der Waals surface area contributed by atoms with Gasteiger partial charge in [0.05, 0.1) is 40.5 Å². The molecule has 0 radical (unpaired) electrons. The zero-order valence-electron chi connectivity index (χ0n) is 30.1. The number of halogens is 7. The lowest BCUT2D eigenvalue weighted by Gasteiger charge is -2.23. The minimum Gasteiger partial charge on any atom is -0.392 e. The van der Waals surface area contributed by atoms with E-state index >= 15 is 8.78 Å². The number of aromatic nitrogens is 5. The number of sulfonamides is 1. The summed E-state index contributed by atoms with van der Waals surface area (Å²) in [5.41, 5.74) is -2.99. The van der Waals surface area contributed by atoms with E-state index in [1.165, 1.54) is 36.9 Å². The molecule has 0 unspecified atom stereocenters. The zero-order chi connectivity index (χ0) is 41.4. The molecule has 2 aromatic carbocycles. The minimum absolute atomic E-state index is 0.00569. The molecule has 0 aliphatic heterocycles. The first kappa shape index (κ1) is 40.1. The Balaban J connectivity index is 1.39. The van der Waals surface area contributed by atoms with Crippen molar-refractivity contribution in [1.82, 2.24) is 29.9 Å². The Bertz CT molecular complexity index is 2620. The Kier molecular flexibility index (Phi) is 10.1. The number of carbonyl (C=O) groups excluding carboxylic acids is 1. The Morgan fingerprint density at radius 1 is 1.11 bits per heavy atom. The van der Waals surface area contributed by atoms with E-state index in [0.717, 1.165) is 18.4 Å². The van der Waals surface area contributed by atoms with E-state index in [9.17, 15) is 41.0 Å². The SMILES string of the molecule is Cn1nc(NS(C)(=O)=O)c2c(Cl)ccc(-c3ccc(C#C[C@@](C)(O)CO)nc3[C@H](Cc3cc(F)cc(F)c3)NC(=O)Cn3nc(C(F)F)c4c3C(F)(F)[C@@H]3C[C@H]43)c21. The van der Waals surface area contributed by atoms with E-state index in [1.54, 1.807) is 6.07 Å². The first-order valence-corrected chi connectivity index (χ1v) is 19.5. The van der Waals surface area contributed by atoms with Crippen molar-refractivity contribution in [3.8, 4) is 23.0 Å². The number of fused-ring (bicyclic) bond motifs is 4. The van der Waals surface area contributed by atoms with Crippen molar-refractivity contribution in [1.29, 1.82) is 0 Å². The number of hydrogen-bond donors (Lipinski definition) is 4. The highest BCUT2D eigenvalue weighted by Gasteiger charge is 2.67. The van der Waals surface area contributed by atoms with Crippen molar-refractivity contribution >= 4 is 44.3 Å². The van der Waals surface area contributed by atoms with Crippen molar-refractivity contribution in [2.24, 2.45) is 13.0 Å². The van der Waals surface area contributed by atoms with E-state index in [1.807, 2.05) is 0 Å². The van der Waals surface area contributed by atoms with Gasteiger partial charge in [-0.2, -0.15) is 19.0 Å². The highest BCUT2D eigenvalue weighted by molar-refractivity contribution is 7.92. The van der Waals surface area contributed by atoms with Crippen LogP contribution >= 0.6 is 11.6 Å². The smallest absolute Gasteiger partial charge is 0.293 e. The van der Waals surface area contributed by atoms with Gasteiger partial charge in [-0.1, -0.05) is 23.6 Å². The summed E-state index contributed by atoms with van der Waals surface area (Å²) in [5.74, 6) is -3.44. The fourth-order valence-electron chi connectivity index (χ4n) is 7.25. The molecule has 0 spiro atoms. The quantitative estimate of drug-likeness (QED) is 0.101. The second kappa shape index (κ2) is 14.3. The second-order valence-corrected chi connectivity index (χ2v) is 16.4. The average Bonchev–Trinajstić information content (AvgIpc) is 3.65. The van der Waals surface area contributed by atoms with Crippen LogP contribution in [0.1, 0.15) is 65.6 Å². The van der Waals surface area contributed by atoms with E-state index in [4.69, 9.17) is 11.6 Å². The maximum absolute atomic E-state index is 15.4. The van der Waals surface area contributed by atoms with Gasteiger partial charge in [0.15, 0.2) is 5.82 Å². The molecule has 2 aliphatic carbocycles. The molecule has 3 heterocycles. The number of nitrogens with zero attached hydrogens (tertiary/aromatic N) is 5. The molecule has 20 heteroatoms. The summed E-state index contributed by atoms with van der Waals surface area (Å²) in [4.78, 5) is 18.6. The molecule has 0 bridgehead atoms. The van der Waals surface area contributed by atoms with E-state index < -0.39 is 87.9 Å². The summed E-state index contributed by atoms with van der Waals surface area (Å²) in [6, 6.07) is 7.19. The number of nitrogens with one attached hydrogen (secondary N) is 2. The molecule has 7 rings (SSSR count). The number of benzene rings is 2. The lowest BCUT2D eigenvalue weighted by Crippen LogP contribution is -2.35. The topological polar surface area (TPSA) is 164 Å². The van der Waals surface area contributed by atoms with Crippen molar-refractivity contribution in [2.45, 2.75) is 56.2 Å². The van der Waals surface area contributed by atoms with Crippen LogP contribution in [-0.4, -0.2) is 67.5 Å². The van der Waals surface area contributed by atoms with Crippen LogP contribution in [0.2, 0.25) is 5.02 Å². The Morgan fingerprint density at radius 3 is 2.44 bits per heavy atom. The molecule has 57 heavy (non-hydrogen) atoms. The van der Waals surface area contributed by atoms with Gasteiger partial charge in [-0.05, 0) is 67.5 Å². The summed E-state index contributed by atoms with van der Waals surface area (Å²) in [6.45, 7) is -0.448. The third-order valence-electron chi connectivity index (χ3n) is 9.69. The second-order valence-electron chi connectivity index (χ2n) is 14.3. The number of aliphatic hydroxyl groups is 2. The van der Waals surface area contributed by atoms with Gasteiger partial charge in [-0.3, -0.25) is 18.9 Å². The lowest BCUT2D eigenvalue weighted by molar-refractivity contribution is -0.123. The van der Waals surface area contributed by atoms with Gasteiger partial charge < -0.3 is 15.5 Å². The average molecular weight is 836 g/mol. The van der Waals surface area contributed by atoms with Gasteiger partial charge in [0.2, 0.25) is 15.9 Å². The number of pyridine rings is 1. The normalized spacial score (nSPS) is 18.4. The first-order chi connectivity index (χ1) is 26.7. The Labute approximate surface area is 325 Å². The Hall–Kier alpha value is -5.16. The van der Waals surface area contributed by atoms with E-state index in [-0.39, 0.29) is 62.7 Å². The predicted molar refractivity (Wildman–Crippen MR) is 195 cm³/mol. The summed E-state index contributed by atoms with van der Waals surface area (Å²) in [5, 5.41) is 30.9. The molecule has 4 atom stereocenters. The first-order valence-electron chi connectivity index (χ1n) is 17.2. The van der Waals surface area contributed by atoms with Crippen molar-refractivity contribution in [3.05, 3.63) is 93.0 Å².